The van der Waals surface area contributed by atoms with Crippen LogP contribution in [-0.4, -0.2) is 75.5 Å². The van der Waals surface area contributed by atoms with Crippen LogP contribution in [0.4, 0.5) is 0 Å². The molecule has 2 fully saturated rings. The fourth-order valence-electron chi connectivity index (χ4n) is 7.76. The molecule has 2 saturated heterocycles. The second-order valence-corrected chi connectivity index (χ2v) is 15.1. The number of aromatic amines is 1. The molecule has 0 spiro atoms. The smallest absolute Gasteiger partial charge is 0.142 e. The first kappa shape index (κ1) is 38.4. The molecule has 2 aromatic heterocycles. The van der Waals surface area contributed by atoms with E-state index in [1.54, 1.807) is 18.5 Å². The third kappa shape index (κ3) is 9.67. The zero-order valence-electron chi connectivity index (χ0n) is 31.6. The van der Waals surface area contributed by atoms with Crippen LogP contribution in [0.5, 0.6) is 17.2 Å². The lowest BCUT2D eigenvalue weighted by molar-refractivity contribution is 0.173. The molecule has 2 aliphatic rings. The maximum atomic E-state index is 9.82. The van der Waals surface area contributed by atoms with Gasteiger partial charge in [0, 0.05) is 80.1 Å². The molecule has 55 heavy (non-hydrogen) atoms. The predicted octanol–water partition coefficient (Wildman–Crippen LogP) is 7.99. The number of nitriles is 1. The number of H-pyrrole nitrogens is 1. The van der Waals surface area contributed by atoms with Crippen LogP contribution in [0.2, 0.25) is 5.02 Å². The molecule has 11 heteroatoms. The van der Waals surface area contributed by atoms with Crippen molar-refractivity contribution in [2.45, 2.75) is 71.3 Å². The van der Waals surface area contributed by atoms with Crippen molar-refractivity contribution >= 4 is 11.6 Å². The maximum absolute atomic E-state index is 9.82. The number of halogens is 1. The number of aliphatic hydroxyl groups excluding tert-OH is 1. The molecule has 10 nitrogen and oxygen atoms in total. The molecule has 3 aromatic carbocycles. The van der Waals surface area contributed by atoms with Crippen molar-refractivity contribution in [1.29, 1.82) is 5.26 Å². The van der Waals surface area contributed by atoms with Gasteiger partial charge in [0.25, 0.3) is 0 Å². The minimum absolute atomic E-state index is 0.200. The lowest BCUT2D eigenvalue weighted by Gasteiger charge is -2.32. The Morgan fingerprint density at radius 2 is 1.71 bits per heavy atom. The van der Waals surface area contributed by atoms with Gasteiger partial charge in [0.15, 0.2) is 0 Å². The molecular weight excluding hydrogens is 712 g/mol. The molecule has 0 saturated carbocycles. The molecule has 2 atom stereocenters. The third-order valence-corrected chi connectivity index (χ3v) is 11.1. The van der Waals surface area contributed by atoms with E-state index in [1.807, 2.05) is 30.5 Å². The average Bonchev–Trinajstić information content (AvgIpc) is 3.90. The molecule has 0 radical (unpaired) electrons. The molecule has 5 aromatic rings. The Kier molecular flexibility index (Phi) is 12.7. The zero-order valence-corrected chi connectivity index (χ0v) is 32.4. The van der Waals surface area contributed by atoms with Gasteiger partial charge in [-0.05, 0) is 98.2 Å². The molecule has 7 rings (SSSR count). The van der Waals surface area contributed by atoms with Crippen molar-refractivity contribution in [2.75, 3.05) is 39.3 Å². The van der Waals surface area contributed by atoms with E-state index in [-0.39, 0.29) is 12.7 Å². The summed E-state index contributed by atoms with van der Waals surface area (Å²) in [5.41, 5.74) is 8.95. The number of nitrogens with zero attached hydrogens (tertiary/aromatic N) is 5. The highest BCUT2D eigenvalue weighted by atomic mass is 35.5. The topological polar surface area (TPSA) is 120 Å². The van der Waals surface area contributed by atoms with Crippen LogP contribution in [0.15, 0.2) is 79.3 Å². The molecule has 0 amide bonds. The van der Waals surface area contributed by atoms with Crippen LogP contribution in [-0.2, 0) is 19.8 Å². The van der Waals surface area contributed by atoms with E-state index in [0.717, 1.165) is 109 Å². The second-order valence-electron chi connectivity index (χ2n) is 14.7. The van der Waals surface area contributed by atoms with Gasteiger partial charge in [0.05, 0.1) is 23.3 Å². The van der Waals surface area contributed by atoms with E-state index in [1.165, 1.54) is 0 Å². The molecule has 2 aliphatic heterocycles. The van der Waals surface area contributed by atoms with Gasteiger partial charge in [-0.2, -0.15) is 10.4 Å². The van der Waals surface area contributed by atoms with Gasteiger partial charge in [-0.3, -0.25) is 15.0 Å². The first-order chi connectivity index (χ1) is 26.8. The largest absolute Gasteiger partial charge is 0.493 e. The van der Waals surface area contributed by atoms with E-state index in [2.05, 4.69) is 75.2 Å². The number of pyridine rings is 1. The van der Waals surface area contributed by atoms with E-state index in [9.17, 15) is 10.4 Å². The van der Waals surface area contributed by atoms with Crippen LogP contribution < -0.4 is 14.2 Å². The van der Waals surface area contributed by atoms with Gasteiger partial charge >= 0.3 is 0 Å². The van der Waals surface area contributed by atoms with Crippen molar-refractivity contribution < 1.29 is 19.3 Å². The number of aromatic nitrogens is 3. The Hall–Kier alpha value is -4.92. The Morgan fingerprint density at radius 3 is 2.51 bits per heavy atom. The molecule has 0 bridgehead atoms. The van der Waals surface area contributed by atoms with Crippen molar-refractivity contribution in [3.63, 3.8) is 0 Å². The number of hydrogen-bond acceptors (Lipinski definition) is 9. The van der Waals surface area contributed by atoms with Gasteiger partial charge in [0.2, 0.25) is 0 Å². The summed E-state index contributed by atoms with van der Waals surface area (Å²) < 4.78 is 19.2. The first-order valence-electron chi connectivity index (χ1n) is 19.2. The van der Waals surface area contributed by atoms with E-state index in [4.69, 9.17) is 25.8 Å². The summed E-state index contributed by atoms with van der Waals surface area (Å²) in [6, 6.07) is 22.4. The van der Waals surface area contributed by atoms with Crippen LogP contribution in [0.1, 0.15) is 70.7 Å². The van der Waals surface area contributed by atoms with Gasteiger partial charge in [-0.15, -0.1) is 0 Å². The number of hydrogen-bond donors (Lipinski definition) is 2. The van der Waals surface area contributed by atoms with Crippen LogP contribution >= 0.6 is 11.6 Å². The van der Waals surface area contributed by atoms with Crippen LogP contribution in [0, 0.1) is 25.2 Å². The highest BCUT2D eigenvalue weighted by Gasteiger charge is 2.24. The predicted molar refractivity (Wildman–Crippen MR) is 213 cm³/mol. The average molecular weight is 761 g/mol. The second kappa shape index (κ2) is 18.1. The minimum atomic E-state index is -0.200. The minimum Gasteiger partial charge on any atom is -0.493 e. The summed E-state index contributed by atoms with van der Waals surface area (Å²) in [6.45, 7) is 10.6. The number of rotatable bonds is 15. The van der Waals surface area contributed by atoms with Gasteiger partial charge < -0.3 is 24.2 Å². The van der Waals surface area contributed by atoms with Crippen molar-refractivity contribution in [3.05, 3.63) is 123 Å². The monoisotopic (exact) mass is 760 g/mol. The van der Waals surface area contributed by atoms with Crippen molar-refractivity contribution in [3.8, 4) is 34.4 Å². The molecule has 4 heterocycles. The fraction of sp³-hybridized carbons (Fsp3) is 0.386. The fourth-order valence-corrected chi connectivity index (χ4v) is 8.00. The van der Waals surface area contributed by atoms with Gasteiger partial charge in [-0.25, -0.2) is 0 Å². The van der Waals surface area contributed by atoms with E-state index >= 15 is 0 Å². The Bertz CT molecular complexity index is 2100. The molecule has 2 unspecified atom stereocenters. The molecule has 286 valence electrons. The summed E-state index contributed by atoms with van der Waals surface area (Å²) in [5.74, 6) is 2.49. The molecule has 0 aliphatic carbocycles. The lowest BCUT2D eigenvalue weighted by atomic mass is 9.93. The van der Waals surface area contributed by atoms with Gasteiger partial charge in [-0.1, -0.05) is 41.9 Å². The summed E-state index contributed by atoms with van der Waals surface area (Å²) >= 11 is 6.97. The highest BCUT2D eigenvalue weighted by molar-refractivity contribution is 6.32. The zero-order chi connectivity index (χ0) is 38.1. The number of piperidine rings is 1. The number of likely N-dealkylation sites (tertiary alicyclic amines) is 2. The van der Waals surface area contributed by atoms with Crippen LogP contribution in [0.3, 0.4) is 0 Å². The Balaban J connectivity index is 1.06. The SMILES string of the molecule is Cc1c(COc2cc(OCc3cncc(C#N)c3)c(CN3CCCC(c4ccn[nH]4)C3)cc2Cl)cccc1-c1cccc(OCCCN2CCC(O)C2)c1C. The number of nitrogens with one attached hydrogen (secondary N) is 1. The van der Waals surface area contributed by atoms with Crippen LogP contribution in [0.25, 0.3) is 11.1 Å². The molecule has 2 N–H and O–H groups in total. The quantitative estimate of drug-likeness (QED) is 0.102. The first-order valence-corrected chi connectivity index (χ1v) is 19.6. The normalized spacial score (nSPS) is 17.6. The van der Waals surface area contributed by atoms with Crippen molar-refractivity contribution in [2.24, 2.45) is 0 Å². The number of ether oxygens (including phenoxy) is 3. The molecular formula is C44H49ClN6O4. The number of benzene rings is 3. The summed E-state index contributed by atoms with van der Waals surface area (Å²) in [7, 11) is 0. The maximum Gasteiger partial charge on any atom is 0.142 e. The highest BCUT2D eigenvalue weighted by Crippen LogP contribution is 2.37. The third-order valence-electron chi connectivity index (χ3n) is 10.8. The summed E-state index contributed by atoms with van der Waals surface area (Å²) in [5, 5.41) is 27.1. The van der Waals surface area contributed by atoms with Crippen molar-refractivity contribution in [1.82, 2.24) is 25.0 Å². The Labute approximate surface area is 328 Å². The van der Waals surface area contributed by atoms with E-state index in [0.29, 0.717) is 47.8 Å². The lowest BCUT2D eigenvalue weighted by Crippen LogP contribution is -2.34. The number of β-amino-alcohol motifs (C(OH)–C–C–N with tert-alkyl or cyclic N) is 1. The standard InChI is InChI=1S/C44H49ClN6O4/c1-30-35(7-3-9-38(30)39-10-4-11-42(31(39)2)53-18-6-16-50-17-13-37(52)27-50)29-55-44-21-43(54-28-33-19-32(22-46)23-47-24-33)36(20-40(44)45)26-51-15-5-8-34(25-51)41-12-14-48-49-41/h3-4,7,9-12,14,19-21,23-24,34,37,52H,5-6,8,13,15-18,25-29H2,1-2H3,(H,48,49). The number of aliphatic hydroxyl groups is 1. The van der Waals surface area contributed by atoms with E-state index < -0.39 is 0 Å². The Morgan fingerprint density at radius 1 is 0.873 bits per heavy atom. The van der Waals surface area contributed by atoms with Gasteiger partial charge in [0.1, 0.15) is 36.5 Å². The summed E-state index contributed by atoms with van der Waals surface area (Å²) in [6.07, 6.45) is 8.84. The summed E-state index contributed by atoms with van der Waals surface area (Å²) in [4.78, 5) is 8.94.